The molecule has 0 bridgehead atoms. The second-order valence-corrected chi connectivity index (χ2v) is 4.86. The molecule has 1 N–H and O–H groups in total. The number of nitrogens with one attached hydrogen (secondary N) is 1. The van der Waals surface area contributed by atoms with Gasteiger partial charge in [-0.05, 0) is 18.6 Å². The smallest absolute Gasteiger partial charge is 0.128 e. The van der Waals surface area contributed by atoms with Crippen LogP contribution >= 0.6 is 0 Å². The predicted octanol–water partition coefficient (Wildman–Crippen LogP) is 2.25. The highest BCUT2D eigenvalue weighted by Gasteiger charge is 2.03. The largest absolute Gasteiger partial charge is 0.346 e. The molecular weight excluding hydrogens is 224 g/mol. The zero-order chi connectivity index (χ0) is 13.0. The monoisotopic (exact) mass is 246 g/mol. The minimum Gasteiger partial charge on any atom is -0.346 e. The molecule has 4 nitrogen and oxygen atoms in total. The van der Waals surface area contributed by atoms with E-state index in [0.717, 1.165) is 25.5 Å². The highest BCUT2D eigenvalue weighted by atomic mass is 15.1. The van der Waals surface area contributed by atoms with Gasteiger partial charge in [0.15, 0.2) is 0 Å². The van der Waals surface area contributed by atoms with Crippen molar-refractivity contribution in [3.63, 3.8) is 0 Å². The van der Waals surface area contributed by atoms with Crippen LogP contribution in [0.2, 0.25) is 0 Å². The normalized spacial score (nSPS) is 11.3. The molecule has 2 aromatic rings. The van der Waals surface area contributed by atoms with Gasteiger partial charge in [0.25, 0.3) is 0 Å². The summed E-state index contributed by atoms with van der Waals surface area (Å²) < 4.78 is 4.36. The molecule has 2 rings (SSSR count). The SMILES string of the molecule is CCn1ccnc1Cn1ccc(CNC(C)C)c1. The highest BCUT2D eigenvalue weighted by Crippen LogP contribution is 2.06. The number of hydrogen-bond donors (Lipinski definition) is 1. The molecule has 0 saturated heterocycles. The molecule has 0 radical (unpaired) electrons. The van der Waals surface area contributed by atoms with Crippen molar-refractivity contribution in [3.8, 4) is 0 Å². The first-order chi connectivity index (χ1) is 8.69. The van der Waals surface area contributed by atoms with Crippen LogP contribution in [-0.2, 0) is 19.6 Å². The molecule has 0 aliphatic carbocycles. The van der Waals surface area contributed by atoms with E-state index < -0.39 is 0 Å². The van der Waals surface area contributed by atoms with Gasteiger partial charge in [-0.15, -0.1) is 0 Å². The molecule has 0 spiro atoms. The maximum absolute atomic E-state index is 4.39. The number of nitrogens with zero attached hydrogens (tertiary/aromatic N) is 3. The topological polar surface area (TPSA) is 34.8 Å². The minimum absolute atomic E-state index is 0.521. The van der Waals surface area contributed by atoms with Crippen LogP contribution in [0.4, 0.5) is 0 Å². The van der Waals surface area contributed by atoms with Gasteiger partial charge in [0.1, 0.15) is 5.82 Å². The third-order valence-electron chi connectivity index (χ3n) is 2.99. The Kier molecular flexibility index (Phi) is 4.20. The first kappa shape index (κ1) is 12.9. The van der Waals surface area contributed by atoms with Crippen molar-refractivity contribution >= 4 is 0 Å². The van der Waals surface area contributed by atoms with E-state index in [1.807, 2.05) is 12.4 Å². The van der Waals surface area contributed by atoms with Gasteiger partial charge in [0, 0.05) is 43.9 Å². The van der Waals surface area contributed by atoms with Crippen molar-refractivity contribution in [2.45, 2.75) is 46.4 Å². The molecule has 2 aromatic heterocycles. The van der Waals surface area contributed by atoms with Gasteiger partial charge in [-0.1, -0.05) is 13.8 Å². The van der Waals surface area contributed by atoms with Crippen LogP contribution in [0.3, 0.4) is 0 Å². The highest BCUT2D eigenvalue weighted by molar-refractivity contribution is 5.11. The summed E-state index contributed by atoms with van der Waals surface area (Å²) in [5, 5.41) is 3.42. The van der Waals surface area contributed by atoms with Crippen LogP contribution in [0.15, 0.2) is 30.9 Å². The summed E-state index contributed by atoms with van der Waals surface area (Å²) in [5.74, 6) is 1.11. The molecule has 0 aliphatic heterocycles. The van der Waals surface area contributed by atoms with Gasteiger partial charge in [-0.25, -0.2) is 4.98 Å². The van der Waals surface area contributed by atoms with Gasteiger partial charge in [-0.3, -0.25) is 0 Å². The molecule has 0 amide bonds. The first-order valence-corrected chi connectivity index (χ1v) is 6.57. The molecule has 98 valence electrons. The Bertz CT molecular complexity index is 481. The second-order valence-electron chi connectivity index (χ2n) is 4.86. The summed E-state index contributed by atoms with van der Waals surface area (Å²) in [4.78, 5) is 4.39. The maximum atomic E-state index is 4.39. The number of aryl methyl sites for hydroxylation is 1. The van der Waals surface area contributed by atoms with Crippen molar-refractivity contribution in [2.24, 2.45) is 0 Å². The van der Waals surface area contributed by atoms with Gasteiger partial charge in [0.05, 0.1) is 6.54 Å². The standard InChI is InChI=1S/C14H22N4/c1-4-18-8-6-15-14(18)11-17-7-5-13(10-17)9-16-12(2)3/h5-8,10,12,16H,4,9,11H2,1-3H3. The molecule has 0 unspecified atom stereocenters. The lowest BCUT2D eigenvalue weighted by molar-refractivity contribution is 0.587. The Balaban J connectivity index is 1.98. The maximum Gasteiger partial charge on any atom is 0.128 e. The van der Waals surface area contributed by atoms with Gasteiger partial charge < -0.3 is 14.5 Å². The van der Waals surface area contributed by atoms with Crippen molar-refractivity contribution in [1.82, 2.24) is 19.4 Å². The zero-order valence-corrected chi connectivity index (χ0v) is 11.4. The van der Waals surface area contributed by atoms with Crippen LogP contribution < -0.4 is 5.32 Å². The van der Waals surface area contributed by atoms with E-state index in [-0.39, 0.29) is 0 Å². The zero-order valence-electron chi connectivity index (χ0n) is 11.4. The lowest BCUT2D eigenvalue weighted by atomic mass is 10.3. The van der Waals surface area contributed by atoms with E-state index in [9.17, 15) is 0 Å². The lowest BCUT2D eigenvalue weighted by Crippen LogP contribution is -2.21. The number of rotatable bonds is 6. The Morgan fingerprint density at radius 3 is 2.89 bits per heavy atom. The summed E-state index contributed by atoms with van der Waals surface area (Å²) in [7, 11) is 0. The van der Waals surface area contributed by atoms with E-state index in [1.54, 1.807) is 0 Å². The summed E-state index contributed by atoms with van der Waals surface area (Å²) >= 11 is 0. The first-order valence-electron chi connectivity index (χ1n) is 6.57. The van der Waals surface area contributed by atoms with Crippen LogP contribution in [0.25, 0.3) is 0 Å². The fraction of sp³-hybridized carbons (Fsp3) is 0.500. The van der Waals surface area contributed by atoms with Crippen LogP contribution in [0.5, 0.6) is 0 Å². The van der Waals surface area contributed by atoms with Gasteiger partial charge in [0.2, 0.25) is 0 Å². The summed E-state index contributed by atoms with van der Waals surface area (Å²) in [5.41, 5.74) is 1.32. The summed E-state index contributed by atoms with van der Waals surface area (Å²) in [6.45, 7) is 9.19. The molecule has 2 heterocycles. The fourth-order valence-corrected chi connectivity index (χ4v) is 1.96. The third-order valence-corrected chi connectivity index (χ3v) is 2.99. The lowest BCUT2D eigenvalue weighted by Gasteiger charge is -2.07. The van der Waals surface area contributed by atoms with E-state index >= 15 is 0 Å². The Morgan fingerprint density at radius 1 is 1.33 bits per heavy atom. The average Bonchev–Trinajstić information content (AvgIpc) is 2.96. The van der Waals surface area contributed by atoms with Crippen molar-refractivity contribution in [2.75, 3.05) is 0 Å². The number of hydrogen-bond acceptors (Lipinski definition) is 2. The molecule has 0 atom stereocenters. The minimum atomic E-state index is 0.521. The van der Waals surface area contributed by atoms with Crippen molar-refractivity contribution in [1.29, 1.82) is 0 Å². The van der Waals surface area contributed by atoms with Crippen LogP contribution in [0, 0.1) is 0 Å². The average molecular weight is 246 g/mol. The van der Waals surface area contributed by atoms with Crippen LogP contribution in [0.1, 0.15) is 32.2 Å². The van der Waals surface area contributed by atoms with Crippen molar-refractivity contribution in [3.05, 3.63) is 42.2 Å². The second kappa shape index (κ2) is 5.87. The molecule has 0 aromatic carbocycles. The molecule has 0 saturated carbocycles. The molecule has 0 fully saturated rings. The van der Waals surface area contributed by atoms with E-state index in [1.165, 1.54) is 5.56 Å². The van der Waals surface area contributed by atoms with Gasteiger partial charge in [-0.2, -0.15) is 0 Å². The van der Waals surface area contributed by atoms with Crippen LogP contribution in [-0.4, -0.2) is 20.2 Å². The predicted molar refractivity (Wildman–Crippen MR) is 73.4 cm³/mol. The fourth-order valence-electron chi connectivity index (χ4n) is 1.96. The molecule has 4 heteroatoms. The number of aromatic nitrogens is 3. The third kappa shape index (κ3) is 3.23. The Labute approximate surface area is 109 Å². The van der Waals surface area contributed by atoms with E-state index in [4.69, 9.17) is 0 Å². The van der Waals surface area contributed by atoms with Gasteiger partial charge >= 0.3 is 0 Å². The molecular formula is C14H22N4. The quantitative estimate of drug-likeness (QED) is 0.848. The van der Waals surface area contributed by atoms with E-state index in [2.05, 4.69) is 58.7 Å². The molecule has 0 aliphatic rings. The summed E-state index contributed by atoms with van der Waals surface area (Å²) in [6, 6.07) is 2.68. The number of imidazole rings is 1. The molecule has 18 heavy (non-hydrogen) atoms. The summed E-state index contributed by atoms with van der Waals surface area (Å²) in [6.07, 6.45) is 8.19. The Hall–Kier alpha value is -1.55. The van der Waals surface area contributed by atoms with E-state index in [0.29, 0.717) is 6.04 Å². The Morgan fingerprint density at radius 2 is 2.17 bits per heavy atom. The van der Waals surface area contributed by atoms with Crippen molar-refractivity contribution < 1.29 is 0 Å².